The van der Waals surface area contributed by atoms with Crippen LogP contribution in [0.4, 0.5) is 0 Å². The fraction of sp³-hybridized carbons (Fsp3) is 1.00. The molecule has 0 aromatic carbocycles. The Morgan fingerprint density at radius 2 is 1.75 bits per heavy atom. The largest absolute Gasteiger partial charge is 0.314 e. The molecular formula is C13H30N4O2S. The predicted molar refractivity (Wildman–Crippen MR) is 83.0 cm³/mol. The molecule has 0 bridgehead atoms. The lowest BCUT2D eigenvalue weighted by atomic mass is 10.3. The molecule has 1 heterocycles. The van der Waals surface area contributed by atoms with E-state index in [1.165, 1.54) is 0 Å². The Labute approximate surface area is 124 Å². The quantitative estimate of drug-likeness (QED) is 0.568. The first-order valence-corrected chi connectivity index (χ1v) is 9.22. The summed E-state index contributed by atoms with van der Waals surface area (Å²) in [7, 11) is -3.30. The molecule has 7 heteroatoms. The van der Waals surface area contributed by atoms with E-state index in [0.29, 0.717) is 19.6 Å². The van der Waals surface area contributed by atoms with E-state index in [4.69, 9.17) is 0 Å². The molecule has 1 saturated heterocycles. The standard InChI is InChI=1S/C13H30N4O2S/c1-3-9-17(10-4-2)20(18,19)15-6-5-11-16-12-7-14-8-13-16/h14-15H,3-13H2,1-2H3. The summed E-state index contributed by atoms with van der Waals surface area (Å²) in [5.41, 5.74) is 0. The number of nitrogens with one attached hydrogen (secondary N) is 2. The number of piperazine rings is 1. The van der Waals surface area contributed by atoms with Gasteiger partial charge in [-0.05, 0) is 25.8 Å². The molecule has 2 N–H and O–H groups in total. The third kappa shape index (κ3) is 6.49. The molecule has 120 valence electrons. The molecule has 0 saturated carbocycles. The van der Waals surface area contributed by atoms with Crippen molar-refractivity contribution < 1.29 is 8.42 Å². The van der Waals surface area contributed by atoms with Crippen molar-refractivity contribution in [3.8, 4) is 0 Å². The van der Waals surface area contributed by atoms with Crippen molar-refractivity contribution >= 4 is 10.2 Å². The van der Waals surface area contributed by atoms with Crippen molar-refractivity contribution in [2.45, 2.75) is 33.1 Å². The molecule has 0 aromatic heterocycles. The summed E-state index contributed by atoms with van der Waals surface area (Å²) in [4.78, 5) is 2.38. The fourth-order valence-corrected chi connectivity index (χ4v) is 3.81. The van der Waals surface area contributed by atoms with Crippen LogP contribution in [0.3, 0.4) is 0 Å². The van der Waals surface area contributed by atoms with Gasteiger partial charge in [0.25, 0.3) is 10.2 Å². The minimum absolute atomic E-state index is 0.524. The highest BCUT2D eigenvalue weighted by atomic mass is 32.2. The summed E-state index contributed by atoms with van der Waals surface area (Å²) in [6.07, 6.45) is 2.56. The topological polar surface area (TPSA) is 64.7 Å². The fourth-order valence-electron chi connectivity index (χ4n) is 2.38. The molecule has 1 aliphatic rings. The smallest absolute Gasteiger partial charge is 0.279 e. The lowest BCUT2D eigenvalue weighted by molar-refractivity contribution is 0.239. The van der Waals surface area contributed by atoms with E-state index in [1.54, 1.807) is 4.31 Å². The first-order valence-electron chi connectivity index (χ1n) is 7.78. The number of hydrogen-bond acceptors (Lipinski definition) is 4. The van der Waals surface area contributed by atoms with Crippen molar-refractivity contribution in [1.29, 1.82) is 0 Å². The van der Waals surface area contributed by atoms with Gasteiger partial charge < -0.3 is 10.2 Å². The predicted octanol–water partition coefficient (Wildman–Crippen LogP) is 0.238. The van der Waals surface area contributed by atoms with E-state index in [0.717, 1.165) is 52.0 Å². The van der Waals surface area contributed by atoms with Crippen LogP contribution in [0.25, 0.3) is 0 Å². The van der Waals surface area contributed by atoms with Gasteiger partial charge in [0.2, 0.25) is 0 Å². The van der Waals surface area contributed by atoms with E-state index in [2.05, 4.69) is 14.9 Å². The van der Waals surface area contributed by atoms with Gasteiger partial charge in [0.05, 0.1) is 0 Å². The van der Waals surface area contributed by atoms with E-state index in [-0.39, 0.29) is 0 Å². The second kappa shape index (κ2) is 9.68. The molecule has 0 unspecified atom stereocenters. The molecule has 0 spiro atoms. The van der Waals surface area contributed by atoms with Crippen LogP contribution >= 0.6 is 0 Å². The van der Waals surface area contributed by atoms with Gasteiger partial charge in [-0.2, -0.15) is 12.7 Å². The summed E-state index contributed by atoms with van der Waals surface area (Å²) >= 11 is 0. The molecule has 6 nitrogen and oxygen atoms in total. The molecule has 20 heavy (non-hydrogen) atoms. The second-order valence-corrected chi connectivity index (χ2v) is 7.00. The molecule has 0 amide bonds. The Kier molecular flexibility index (Phi) is 8.63. The van der Waals surface area contributed by atoms with Crippen molar-refractivity contribution in [2.75, 3.05) is 52.4 Å². The van der Waals surface area contributed by atoms with Crippen LogP contribution in [-0.2, 0) is 10.2 Å². The molecule has 0 atom stereocenters. The average Bonchev–Trinajstić information content (AvgIpc) is 2.44. The van der Waals surface area contributed by atoms with Gasteiger partial charge in [-0.1, -0.05) is 13.8 Å². The summed E-state index contributed by atoms with van der Waals surface area (Å²) in [6, 6.07) is 0. The molecule has 0 radical (unpaired) electrons. The lowest BCUT2D eigenvalue weighted by Crippen LogP contribution is -2.45. The Hall–Kier alpha value is -0.210. The third-order valence-corrected chi connectivity index (χ3v) is 5.05. The molecule has 1 fully saturated rings. The maximum atomic E-state index is 12.2. The normalized spacial score (nSPS) is 17.8. The average molecular weight is 306 g/mol. The van der Waals surface area contributed by atoms with E-state index < -0.39 is 10.2 Å². The van der Waals surface area contributed by atoms with E-state index >= 15 is 0 Å². The van der Waals surface area contributed by atoms with Crippen molar-refractivity contribution in [3.63, 3.8) is 0 Å². The summed E-state index contributed by atoms with van der Waals surface area (Å²) in [5.74, 6) is 0. The van der Waals surface area contributed by atoms with Gasteiger partial charge >= 0.3 is 0 Å². The first-order chi connectivity index (χ1) is 9.60. The molecule has 0 aliphatic carbocycles. The summed E-state index contributed by atoms with van der Waals surface area (Å²) in [6.45, 7) is 10.9. The van der Waals surface area contributed by atoms with Gasteiger partial charge in [0.1, 0.15) is 0 Å². The van der Waals surface area contributed by atoms with Gasteiger partial charge in [0.15, 0.2) is 0 Å². The van der Waals surface area contributed by atoms with Gasteiger partial charge in [-0.3, -0.25) is 0 Å². The van der Waals surface area contributed by atoms with Gasteiger partial charge in [-0.25, -0.2) is 4.72 Å². The molecule has 1 aliphatic heterocycles. The van der Waals surface area contributed by atoms with Crippen LogP contribution in [0.1, 0.15) is 33.1 Å². The minimum Gasteiger partial charge on any atom is -0.314 e. The highest BCUT2D eigenvalue weighted by molar-refractivity contribution is 7.87. The minimum atomic E-state index is -3.30. The number of hydrogen-bond donors (Lipinski definition) is 2. The highest BCUT2D eigenvalue weighted by Crippen LogP contribution is 2.02. The maximum Gasteiger partial charge on any atom is 0.279 e. The number of rotatable bonds is 10. The van der Waals surface area contributed by atoms with E-state index in [1.807, 2.05) is 13.8 Å². The Balaban J connectivity index is 2.26. The molecule has 1 rings (SSSR count). The summed E-state index contributed by atoms with van der Waals surface area (Å²) in [5, 5.41) is 3.31. The SMILES string of the molecule is CCCN(CCC)S(=O)(=O)NCCCN1CCNCC1. The zero-order valence-electron chi connectivity index (χ0n) is 12.9. The Bertz CT molecular complexity index is 336. The van der Waals surface area contributed by atoms with Crippen molar-refractivity contribution in [2.24, 2.45) is 0 Å². The van der Waals surface area contributed by atoms with Crippen molar-refractivity contribution in [3.05, 3.63) is 0 Å². The lowest BCUT2D eigenvalue weighted by Gasteiger charge is -2.27. The van der Waals surface area contributed by atoms with Gasteiger partial charge in [-0.15, -0.1) is 0 Å². The van der Waals surface area contributed by atoms with Crippen LogP contribution in [0.2, 0.25) is 0 Å². The monoisotopic (exact) mass is 306 g/mol. The summed E-state index contributed by atoms with van der Waals surface area (Å²) < 4.78 is 28.6. The molecular weight excluding hydrogens is 276 g/mol. The highest BCUT2D eigenvalue weighted by Gasteiger charge is 2.19. The van der Waals surface area contributed by atoms with E-state index in [9.17, 15) is 8.42 Å². The van der Waals surface area contributed by atoms with Gasteiger partial charge in [0, 0.05) is 45.8 Å². The zero-order valence-corrected chi connectivity index (χ0v) is 13.7. The maximum absolute atomic E-state index is 12.2. The van der Waals surface area contributed by atoms with Crippen LogP contribution in [0.5, 0.6) is 0 Å². The van der Waals surface area contributed by atoms with Crippen LogP contribution in [0, 0.1) is 0 Å². The Morgan fingerprint density at radius 3 is 2.30 bits per heavy atom. The Morgan fingerprint density at radius 1 is 1.15 bits per heavy atom. The van der Waals surface area contributed by atoms with Crippen molar-refractivity contribution in [1.82, 2.24) is 19.2 Å². The zero-order chi connectivity index (χ0) is 14.8. The molecule has 0 aromatic rings. The number of nitrogens with zero attached hydrogens (tertiary/aromatic N) is 2. The van der Waals surface area contributed by atoms with Crippen LogP contribution in [-0.4, -0.2) is 70.0 Å². The third-order valence-electron chi connectivity index (χ3n) is 3.43. The van der Waals surface area contributed by atoms with Crippen LogP contribution in [0.15, 0.2) is 0 Å². The first kappa shape index (κ1) is 17.8. The second-order valence-electron chi connectivity index (χ2n) is 5.24. The van der Waals surface area contributed by atoms with Crippen LogP contribution < -0.4 is 10.0 Å².